The first-order chi connectivity index (χ1) is 15.6. The zero-order chi connectivity index (χ0) is 22.8. The van der Waals surface area contributed by atoms with Gasteiger partial charge in [0.1, 0.15) is 12.4 Å². The lowest BCUT2D eigenvalue weighted by Crippen LogP contribution is -2.37. The number of amides is 1. The zero-order valence-corrected chi connectivity index (χ0v) is 19.3. The molecule has 7 heteroatoms. The number of carbonyl (C=O) groups excluding carboxylic acids is 1. The summed E-state index contributed by atoms with van der Waals surface area (Å²) >= 11 is 0. The average molecular weight is 439 g/mol. The molecule has 0 fully saturated rings. The lowest BCUT2D eigenvalue weighted by atomic mass is 10.1. The Labute approximate surface area is 190 Å². The maximum Gasteiger partial charge on any atom is 0.223 e. The van der Waals surface area contributed by atoms with Crippen molar-refractivity contribution in [2.75, 3.05) is 33.9 Å². The number of benzene rings is 2. The van der Waals surface area contributed by atoms with Gasteiger partial charge in [-0.05, 0) is 36.1 Å². The Morgan fingerprint density at radius 3 is 2.53 bits per heavy atom. The van der Waals surface area contributed by atoms with Gasteiger partial charge in [0.25, 0.3) is 0 Å². The molecule has 0 aliphatic carbocycles. The summed E-state index contributed by atoms with van der Waals surface area (Å²) in [5, 5.41) is 6.62. The van der Waals surface area contributed by atoms with Gasteiger partial charge in [-0.3, -0.25) is 9.79 Å². The predicted octanol–water partition coefficient (Wildman–Crippen LogP) is 3.01. The van der Waals surface area contributed by atoms with E-state index >= 15 is 0 Å². The van der Waals surface area contributed by atoms with Crippen LogP contribution in [-0.4, -0.2) is 50.7 Å². The van der Waals surface area contributed by atoms with Gasteiger partial charge in [-0.2, -0.15) is 0 Å². The van der Waals surface area contributed by atoms with E-state index in [0.29, 0.717) is 38.7 Å². The van der Waals surface area contributed by atoms with Gasteiger partial charge in [-0.15, -0.1) is 0 Å². The standard InChI is InChI=1S/C25H34N4O3/c1-19-10-11-20(23(15-19)32-14-13-31-3)16-28-25(26-2)27-12-6-9-24(30)29-17-21-7-4-5-8-22(21)18-29/h4-5,7-8,10-11,15H,6,9,12-14,16-18H2,1-3H3,(H2,26,27,28). The van der Waals surface area contributed by atoms with E-state index in [9.17, 15) is 4.79 Å². The molecule has 1 aliphatic rings. The molecule has 0 unspecified atom stereocenters. The second-order valence-electron chi connectivity index (χ2n) is 7.93. The summed E-state index contributed by atoms with van der Waals surface area (Å²) in [4.78, 5) is 18.8. The van der Waals surface area contributed by atoms with Gasteiger partial charge in [-0.25, -0.2) is 0 Å². The molecule has 0 radical (unpaired) electrons. The van der Waals surface area contributed by atoms with Gasteiger partial charge in [-0.1, -0.05) is 36.4 Å². The Hall–Kier alpha value is -3.06. The number of carbonyl (C=O) groups is 1. The maximum atomic E-state index is 12.5. The number of rotatable bonds is 10. The number of ether oxygens (including phenoxy) is 2. The highest BCUT2D eigenvalue weighted by molar-refractivity contribution is 5.80. The van der Waals surface area contributed by atoms with Gasteiger partial charge < -0.3 is 25.0 Å². The zero-order valence-electron chi connectivity index (χ0n) is 19.3. The first-order valence-corrected chi connectivity index (χ1v) is 11.1. The SMILES string of the molecule is CN=C(NCCCC(=O)N1Cc2ccccc2C1)NCc1ccc(C)cc1OCCOC. The van der Waals surface area contributed by atoms with E-state index in [4.69, 9.17) is 9.47 Å². The van der Waals surface area contributed by atoms with Crippen molar-refractivity contribution in [3.63, 3.8) is 0 Å². The Morgan fingerprint density at radius 2 is 1.84 bits per heavy atom. The van der Waals surface area contributed by atoms with E-state index in [1.54, 1.807) is 14.2 Å². The highest BCUT2D eigenvalue weighted by Gasteiger charge is 2.22. The molecule has 2 aromatic rings. The molecule has 0 saturated heterocycles. The minimum atomic E-state index is 0.198. The Bertz CT molecular complexity index is 904. The van der Waals surface area contributed by atoms with Crippen LogP contribution in [0.25, 0.3) is 0 Å². The third-order valence-electron chi connectivity index (χ3n) is 5.49. The van der Waals surface area contributed by atoms with Crippen LogP contribution < -0.4 is 15.4 Å². The molecular formula is C25H34N4O3. The van der Waals surface area contributed by atoms with Crippen molar-refractivity contribution in [3.05, 3.63) is 64.7 Å². The maximum absolute atomic E-state index is 12.5. The van der Waals surface area contributed by atoms with E-state index < -0.39 is 0 Å². The third kappa shape index (κ3) is 6.72. The third-order valence-corrected chi connectivity index (χ3v) is 5.49. The fraction of sp³-hybridized carbons (Fsp3) is 0.440. The molecule has 1 heterocycles. The quantitative estimate of drug-likeness (QED) is 0.339. The van der Waals surface area contributed by atoms with Gasteiger partial charge in [0, 0.05) is 52.3 Å². The average Bonchev–Trinajstić information content (AvgIpc) is 3.24. The topological polar surface area (TPSA) is 75.2 Å². The van der Waals surface area contributed by atoms with Crippen LogP contribution in [0.4, 0.5) is 0 Å². The molecule has 2 N–H and O–H groups in total. The van der Waals surface area contributed by atoms with E-state index in [1.807, 2.05) is 30.0 Å². The number of hydrogen-bond donors (Lipinski definition) is 2. The van der Waals surface area contributed by atoms with Gasteiger partial charge in [0.15, 0.2) is 5.96 Å². The molecule has 0 aromatic heterocycles. The number of nitrogens with zero attached hydrogens (tertiary/aromatic N) is 2. The van der Waals surface area contributed by atoms with E-state index in [-0.39, 0.29) is 5.91 Å². The normalized spacial score (nSPS) is 13.1. The number of methoxy groups -OCH3 is 1. The Balaban J connectivity index is 1.40. The molecule has 0 atom stereocenters. The summed E-state index contributed by atoms with van der Waals surface area (Å²) in [6, 6.07) is 14.4. The number of aliphatic imine (C=N–C) groups is 1. The number of nitrogens with one attached hydrogen (secondary N) is 2. The first-order valence-electron chi connectivity index (χ1n) is 11.1. The second-order valence-corrected chi connectivity index (χ2v) is 7.93. The monoisotopic (exact) mass is 438 g/mol. The summed E-state index contributed by atoms with van der Waals surface area (Å²) < 4.78 is 10.9. The van der Waals surface area contributed by atoms with Crippen molar-refractivity contribution in [2.24, 2.45) is 4.99 Å². The Morgan fingerprint density at radius 1 is 1.09 bits per heavy atom. The van der Waals surface area contributed by atoms with Gasteiger partial charge >= 0.3 is 0 Å². The van der Waals surface area contributed by atoms with E-state index in [0.717, 1.165) is 36.4 Å². The molecule has 1 amide bonds. The van der Waals surface area contributed by atoms with Gasteiger partial charge in [0.05, 0.1) is 6.61 Å². The van der Waals surface area contributed by atoms with Crippen LogP contribution in [0.15, 0.2) is 47.5 Å². The van der Waals surface area contributed by atoms with E-state index in [1.165, 1.54) is 11.1 Å². The lowest BCUT2D eigenvalue weighted by Gasteiger charge is -2.17. The molecule has 7 nitrogen and oxygen atoms in total. The summed E-state index contributed by atoms with van der Waals surface area (Å²) in [6.45, 7) is 5.81. The molecule has 3 rings (SSSR count). The fourth-order valence-corrected chi connectivity index (χ4v) is 3.69. The highest BCUT2D eigenvalue weighted by Crippen LogP contribution is 2.23. The molecule has 0 saturated carbocycles. The number of aryl methyl sites for hydroxylation is 1. The molecule has 1 aliphatic heterocycles. The van der Waals surface area contributed by atoms with Crippen LogP contribution in [0, 0.1) is 6.92 Å². The van der Waals surface area contributed by atoms with Crippen LogP contribution in [0.1, 0.15) is 35.1 Å². The van der Waals surface area contributed by atoms with Crippen LogP contribution in [0.5, 0.6) is 5.75 Å². The summed E-state index contributed by atoms with van der Waals surface area (Å²) in [5.41, 5.74) is 4.71. The van der Waals surface area contributed by atoms with E-state index in [2.05, 4.69) is 39.9 Å². The van der Waals surface area contributed by atoms with Gasteiger partial charge in [0.2, 0.25) is 5.91 Å². The lowest BCUT2D eigenvalue weighted by molar-refractivity contribution is -0.131. The Kier molecular flexibility index (Phi) is 8.92. The summed E-state index contributed by atoms with van der Waals surface area (Å²) in [5.74, 6) is 1.75. The van der Waals surface area contributed by atoms with Crippen LogP contribution >= 0.6 is 0 Å². The van der Waals surface area contributed by atoms with Crippen molar-refractivity contribution in [2.45, 2.75) is 39.4 Å². The fourth-order valence-electron chi connectivity index (χ4n) is 3.69. The summed E-state index contributed by atoms with van der Waals surface area (Å²) in [7, 11) is 3.41. The number of hydrogen-bond acceptors (Lipinski definition) is 4. The minimum Gasteiger partial charge on any atom is -0.491 e. The molecular weight excluding hydrogens is 404 g/mol. The largest absolute Gasteiger partial charge is 0.491 e. The summed E-state index contributed by atoms with van der Waals surface area (Å²) in [6.07, 6.45) is 1.27. The van der Waals surface area contributed by atoms with Crippen molar-refractivity contribution in [1.29, 1.82) is 0 Å². The minimum absolute atomic E-state index is 0.198. The molecule has 0 spiro atoms. The van der Waals surface area contributed by atoms with Crippen LogP contribution in [-0.2, 0) is 29.2 Å². The van der Waals surface area contributed by atoms with Crippen LogP contribution in [0.3, 0.4) is 0 Å². The molecule has 2 aromatic carbocycles. The highest BCUT2D eigenvalue weighted by atomic mass is 16.5. The van der Waals surface area contributed by atoms with Crippen molar-refractivity contribution in [3.8, 4) is 5.75 Å². The van der Waals surface area contributed by atoms with Crippen molar-refractivity contribution < 1.29 is 14.3 Å². The van der Waals surface area contributed by atoms with Crippen molar-refractivity contribution in [1.82, 2.24) is 15.5 Å². The molecule has 32 heavy (non-hydrogen) atoms. The molecule has 0 bridgehead atoms. The number of fused-ring (bicyclic) bond motifs is 1. The predicted molar refractivity (Wildman–Crippen MR) is 127 cm³/mol. The smallest absolute Gasteiger partial charge is 0.223 e. The van der Waals surface area contributed by atoms with Crippen molar-refractivity contribution >= 4 is 11.9 Å². The molecule has 172 valence electrons. The second kappa shape index (κ2) is 12.1. The van der Waals surface area contributed by atoms with Crippen LogP contribution in [0.2, 0.25) is 0 Å². The first kappa shape index (κ1) is 23.6. The number of guanidine groups is 1.